The molecule has 0 atom stereocenters. The summed E-state index contributed by atoms with van der Waals surface area (Å²) in [4.78, 5) is 21.9. The van der Waals surface area contributed by atoms with E-state index >= 15 is 0 Å². The zero-order chi connectivity index (χ0) is 15.4. The number of carbonyl (C=O) groups excluding carboxylic acids is 1. The van der Waals surface area contributed by atoms with Crippen molar-refractivity contribution in [2.24, 2.45) is 5.84 Å². The Balaban J connectivity index is 2.22. The third kappa shape index (κ3) is 3.31. The first kappa shape index (κ1) is 14.4. The summed E-state index contributed by atoms with van der Waals surface area (Å²) in [5, 5.41) is 12.9. The molecule has 0 aliphatic heterocycles. The van der Waals surface area contributed by atoms with Crippen LogP contribution in [0.5, 0.6) is 0 Å². The van der Waals surface area contributed by atoms with Crippen molar-refractivity contribution in [1.29, 1.82) is 0 Å². The average Bonchev–Trinajstić information content (AvgIpc) is 2.49. The van der Waals surface area contributed by atoms with Crippen molar-refractivity contribution in [2.45, 2.75) is 0 Å². The Kier molecular flexibility index (Phi) is 4.10. The van der Waals surface area contributed by atoms with Crippen LogP contribution >= 0.6 is 0 Å². The molecular weight excluding hydrogens is 279 g/mol. The molecule has 0 aliphatic rings. The highest BCUT2D eigenvalue weighted by Crippen LogP contribution is 2.22. The Labute approximate surface area is 118 Å². The van der Waals surface area contributed by atoms with Crippen molar-refractivity contribution < 1.29 is 14.1 Å². The number of non-ortho nitro benzene ring substituents is 1. The van der Waals surface area contributed by atoms with Crippen LogP contribution in [0, 0.1) is 15.9 Å². The van der Waals surface area contributed by atoms with Crippen molar-refractivity contribution in [3.63, 3.8) is 0 Å². The number of halogens is 1. The van der Waals surface area contributed by atoms with E-state index in [0.29, 0.717) is 5.69 Å². The largest absolute Gasteiger partial charge is 0.324 e. The molecule has 4 N–H and O–H groups in total. The molecule has 1 amide bonds. The Bertz CT molecular complexity index is 688. The number of rotatable bonds is 4. The molecule has 0 aliphatic carbocycles. The normalized spacial score (nSPS) is 10.0. The minimum atomic E-state index is -0.755. The first-order valence-electron chi connectivity index (χ1n) is 5.83. The van der Waals surface area contributed by atoms with Gasteiger partial charge in [0.1, 0.15) is 5.82 Å². The predicted molar refractivity (Wildman–Crippen MR) is 75.3 cm³/mol. The summed E-state index contributed by atoms with van der Waals surface area (Å²) in [7, 11) is 0. The van der Waals surface area contributed by atoms with Crippen LogP contribution in [0.2, 0.25) is 0 Å². The molecule has 0 bridgehead atoms. The van der Waals surface area contributed by atoms with E-state index in [1.54, 1.807) is 12.1 Å². The smallest absolute Gasteiger partial charge is 0.271 e. The molecule has 0 fully saturated rings. The molecule has 0 saturated heterocycles. The fourth-order valence-corrected chi connectivity index (χ4v) is 1.63. The third-order valence-electron chi connectivity index (χ3n) is 2.72. The number of benzene rings is 2. The van der Waals surface area contributed by atoms with E-state index in [1.807, 2.05) is 0 Å². The van der Waals surface area contributed by atoms with Gasteiger partial charge in [0.25, 0.3) is 11.6 Å². The zero-order valence-electron chi connectivity index (χ0n) is 10.7. The summed E-state index contributed by atoms with van der Waals surface area (Å²) in [6.07, 6.45) is 0. The number of hydrogen-bond acceptors (Lipinski definition) is 5. The standard InChI is InChI=1S/C13H11FN4O3/c14-11-6-5-10(18(20)21)7-12(11)16-13(19)8-1-3-9(17-15)4-2-8/h1-7,17H,15H2,(H,16,19). The van der Waals surface area contributed by atoms with Crippen molar-refractivity contribution in [2.75, 3.05) is 10.7 Å². The number of nitrogens with two attached hydrogens (primary N) is 1. The number of hydrazine groups is 1. The van der Waals surface area contributed by atoms with E-state index < -0.39 is 16.6 Å². The Morgan fingerprint density at radius 3 is 2.43 bits per heavy atom. The van der Waals surface area contributed by atoms with Crippen molar-refractivity contribution in [3.8, 4) is 0 Å². The molecule has 7 nitrogen and oxygen atoms in total. The second-order valence-corrected chi connectivity index (χ2v) is 4.10. The van der Waals surface area contributed by atoms with Gasteiger partial charge in [-0.15, -0.1) is 0 Å². The monoisotopic (exact) mass is 290 g/mol. The Morgan fingerprint density at radius 2 is 1.86 bits per heavy atom. The number of hydrogen-bond donors (Lipinski definition) is 3. The lowest BCUT2D eigenvalue weighted by molar-refractivity contribution is -0.384. The van der Waals surface area contributed by atoms with Crippen LogP contribution in [0.3, 0.4) is 0 Å². The molecule has 8 heteroatoms. The Morgan fingerprint density at radius 1 is 1.19 bits per heavy atom. The van der Waals surface area contributed by atoms with E-state index in [0.717, 1.165) is 18.2 Å². The highest BCUT2D eigenvalue weighted by atomic mass is 19.1. The van der Waals surface area contributed by atoms with Crippen LogP contribution in [0.1, 0.15) is 10.4 Å². The van der Waals surface area contributed by atoms with Gasteiger partial charge in [0.05, 0.1) is 10.6 Å². The molecule has 0 aromatic heterocycles. The highest BCUT2D eigenvalue weighted by Gasteiger charge is 2.14. The highest BCUT2D eigenvalue weighted by molar-refractivity contribution is 6.04. The van der Waals surface area contributed by atoms with Gasteiger partial charge in [-0.1, -0.05) is 0 Å². The molecule has 2 aromatic carbocycles. The number of nitrogens with one attached hydrogen (secondary N) is 2. The lowest BCUT2D eigenvalue weighted by Gasteiger charge is -2.07. The molecule has 2 rings (SSSR count). The van der Waals surface area contributed by atoms with E-state index in [2.05, 4.69) is 10.7 Å². The van der Waals surface area contributed by atoms with E-state index in [4.69, 9.17) is 5.84 Å². The van der Waals surface area contributed by atoms with Crippen LogP contribution in [-0.2, 0) is 0 Å². The van der Waals surface area contributed by atoms with Crippen LogP contribution in [0.4, 0.5) is 21.5 Å². The van der Waals surface area contributed by atoms with Crippen molar-refractivity contribution in [1.82, 2.24) is 0 Å². The lowest BCUT2D eigenvalue weighted by atomic mass is 10.2. The summed E-state index contributed by atoms with van der Waals surface area (Å²) in [6, 6.07) is 9.02. The minimum absolute atomic E-state index is 0.254. The van der Waals surface area contributed by atoms with Crippen molar-refractivity contribution >= 4 is 23.0 Å². The number of carbonyl (C=O) groups is 1. The molecule has 0 heterocycles. The molecular formula is C13H11FN4O3. The molecule has 0 unspecified atom stereocenters. The number of nitrogens with zero attached hydrogens (tertiary/aromatic N) is 1. The topological polar surface area (TPSA) is 110 Å². The number of nitro groups is 1. The second-order valence-electron chi connectivity index (χ2n) is 4.10. The van der Waals surface area contributed by atoms with Gasteiger partial charge in [-0.2, -0.15) is 0 Å². The fourth-order valence-electron chi connectivity index (χ4n) is 1.63. The molecule has 2 aromatic rings. The molecule has 0 saturated carbocycles. The maximum atomic E-state index is 13.6. The van der Waals surface area contributed by atoms with Gasteiger partial charge in [0, 0.05) is 23.4 Å². The first-order valence-corrected chi connectivity index (χ1v) is 5.83. The van der Waals surface area contributed by atoms with Gasteiger partial charge < -0.3 is 10.7 Å². The predicted octanol–water partition coefficient (Wildman–Crippen LogP) is 2.27. The number of nitrogen functional groups attached to an aromatic ring is 1. The van der Waals surface area contributed by atoms with Crippen LogP contribution in [-0.4, -0.2) is 10.8 Å². The SMILES string of the molecule is NNc1ccc(C(=O)Nc2cc([N+](=O)[O-])ccc2F)cc1. The number of amides is 1. The average molecular weight is 290 g/mol. The van der Waals surface area contributed by atoms with Gasteiger partial charge in [0.15, 0.2) is 0 Å². The van der Waals surface area contributed by atoms with Gasteiger partial charge in [-0.25, -0.2) is 4.39 Å². The zero-order valence-corrected chi connectivity index (χ0v) is 10.7. The first-order chi connectivity index (χ1) is 10.0. The van der Waals surface area contributed by atoms with E-state index in [1.165, 1.54) is 12.1 Å². The summed E-state index contributed by atoms with van der Waals surface area (Å²) in [5.74, 6) is 3.86. The van der Waals surface area contributed by atoms with Gasteiger partial charge >= 0.3 is 0 Å². The maximum Gasteiger partial charge on any atom is 0.271 e. The third-order valence-corrected chi connectivity index (χ3v) is 2.72. The quantitative estimate of drug-likeness (QED) is 0.454. The fraction of sp³-hybridized carbons (Fsp3) is 0. The van der Waals surface area contributed by atoms with Gasteiger partial charge in [0.2, 0.25) is 0 Å². The summed E-state index contributed by atoms with van der Waals surface area (Å²) < 4.78 is 13.6. The molecule has 0 radical (unpaired) electrons. The second kappa shape index (κ2) is 5.97. The molecule has 21 heavy (non-hydrogen) atoms. The lowest BCUT2D eigenvalue weighted by Crippen LogP contribution is -2.13. The van der Waals surface area contributed by atoms with E-state index in [9.17, 15) is 19.3 Å². The molecule has 0 spiro atoms. The van der Waals surface area contributed by atoms with Gasteiger partial charge in [-0.3, -0.25) is 20.8 Å². The number of anilines is 2. The van der Waals surface area contributed by atoms with Crippen LogP contribution in [0.25, 0.3) is 0 Å². The van der Waals surface area contributed by atoms with Gasteiger partial charge in [-0.05, 0) is 30.3 Å². The van der Waals surface area contributed by atoms with Crippen molar-refractivity contribution in [3.05, 3.63) is 64.0 Å². The Hall–Kier alpha value is -3.00. The summed E-state index contributed by atoms with van der Waals surface area (Å²) in [6.45, 7) is 0. The number of nitro benzene ring substituents is 1. The summed E-state index contributed by atoms with van der Waals surface area (Å²) >= 11 is 0. The minimum Gasteiger partial charge on any atom is -0.324 e. The summed E-state index contributed by atoms with van der Waals surface area (Å²) in [5.41, 5.74) is 2.71. The maximum absolute atomic E-state index is 13.6. The van der Waals surface area contributed by atoms with Crippen LogP contribution < -0.4 is 16.6 Å². The van der Waals surface area contributed by atoms with Crippen LogP contribution in [0.15, 0.2) is 42.5 Å². The molecule has 108 valence electrons. The van der Waals surface area contributed by atoms with E-state index in [-0.39, 0.29) is 16.9 Å².